The summed E-state index contributed by atoms with van der Waals surface area (Å²) in [5, 5.41) is 0. The van der Waals surface area contributed by atoms with Crippen molar-refractivity contribution in [2.45, 2.75) is 11.5 Å². The molecule has 0 heterocycles. The summed E-state index contributed by atoms with van der Waals surface area (Å²) >= 11 is 5.10. The lowest BCUT2D eigenvalue weighted by atomic mass is 10.2. The van der Waals surface area contributed by atoms with E-state index in [1.807, 2.05) is 42.5 Å². The van der Waals surface area contributed by atoms with Gasteiger partial charge in [-0.1, -0.05) is 22.0 Å². The average molecular weight is 324 g/mol. The van der Waals surface area contributed by atoms with Crippen molar-refractivity contribution in [2.24, 2.45) is 0 Å². The van der Waals surface area contributed by atoms with Gasteiger partial charge in [0.25, 0.3) is 0 Å². The Balaban J connectivity index is 2.02. The van der Waals surface area contributed by atoms with Crippen LogP contribution in [0, 0.1) is 0 Å². The number of nitrogen functional groups attached to an aromatic ring is 1. The number of thioether (sulfide) groups is 1. The number of hydrogen-bond acceptors (Lipinski definition) is 3. The van der Waals surface area contributed by atoms with E-state index >= 15 is 0 Å². The molecule has 0 aliphatic rings. The summed E-state index contributed by atoms with van der Waals surface area (Å²) in [4.78, 5) is 1.23. The van der Waals surface area contributed by atoms with Gasteiger partial charge in [-0.15, -0.1) is 11.8 Å². The van der Waals surface area contributed by atoms with E-state index in [-0.39, 0.29) is 0 Å². The molecule has 0 radical (unpaired) electrons. The molecule has 2 nitrogen and oxygen atoms in total. The molecule has 0 spiro atoms. The highest BCUT2D eigenvalue weighted by atomic mass is 79.9. The number of ether oxygens (including phenoxy) is 1. The highest BCUT2D eigenvalue weighted by Gasteiger charge is 2.01. The van der Waals surface area contributed by atoms with Crippen molar-refractivity contribution in [1.29, 1.82) is 0 Å². The van der Waals surface area contributed by atoms with Gasteiger partial charge in [0.05, 0.1) is 0 Å². The summed E-state index contributed by atoms with van der Waals surface area (Å²) in [7, 11) is 0. The number of rotatable bonds is 4. The predicted octanol–water partition coefficient (Wildman–Crippen LogP) is 4.33. The smallest absolute Gasteiger partial charge is 0.119 e. The van der Waals surface area contributed by atoms with Crippen molar-refractivity contribution in [3.63, 3.8) is 0 Å². The van der Waals surface area contributed by atoms with Gasteiger partial charge in [-0.3, -0.25) is 0 Å². The van der Waals surface area contributed by atoms with Crippen molar-refractivity contribution in [2.75, 3.05) is 12.0 Å². The van der Waals surface area contributed by atoms with E-state index < -0.39 is 0 Å². The largest absolute Gasteiger partial charge is 0.489 e. The maximum Gasteiger partial charge on any atom is 0.119 e. The Morgan fingerprint density at radius 1 is 1.17 bits per heavy atom. The highest BCUT2D eigenvalue weighted by Crippen LogP contribution is 2.22. The lowest BCUT2D eigenvalue weighted by Gasteiger charge is -2.09. The molecule has 0 fully saturated rings. The fraction of sp³-hybridized carbons (Fsp3) is 0.143. The second-order valence-electron chi connectivity index (χ2n) is 3.81. The van der Waals surface area contributed by atoms with E-state index in [9.17, 15) is 0 Å². The van der Waals surface area contributed by atoms with E-state index in [2.05, 4.69) is 22.2 Å². The Kier molecular flexibility index (Phi) is 4.55. The van der Waals surface area contributed by atoms with Crippen LogP contribution in [0.25, 0.3) is 0 Å². The van der Waals surface area contributed by atoms with Crippen LogP contribution in [-0.4, -0.2) is 6.26 Å². The molecule has 0 aliphatic heterocycles. The van der Waals surface area contributed by atoms with Crippen LogP contribution < -0.4 is 10.5 Å². The fourth-order valence-corrected chi connectivity index (χ4v) is 2.32. The van der Waals surface area contributed by atoms with Gasteiger partial charge < -0.3 is 10.5 Å². The van der Waals surface area contributed by atoms with Gasteiger partial charge in [0.15, 0.2) is 0 Å². The third-order valence-electron chi connectivity index (χ3n) is 2.56. The van der Waals surface area contributed by atoms with Crippen LogP contribution in [0.3, 0.4) is 0 Å². The van der Waals surface area contributed by atoms with Gasteiger partial charge in [0, 0.05) is 20.6 Å². The first-order valence-corrected chi connectivity index (χ1v) is 7.51. The van der Waals surface area contributed by atoms with Crippen molar-refractivity contribution >= 4 is 33.4 Å². The number of benzene rings is 2. The highest BCUT2D eigenvalue weighted by molar-refractivity contribution is 9.10. The summed E-state index contributed by atoms with van der Waals surface area (Å²) < 4.78 is 6.69. The molecule has 0 atom stereocenters. The second-order valence-corrected chi connectivity index (χ2v) is 5.60. The number of anilines is 1. The molecule has 2 aromatic rings. The quantitative estimate of drug-likeness (QED) is 0.671. The molecular formula is C14H14BrNOS. The first-order chi connectivity index (χ1) is 8.69. The molecular weight excluding hydrogens is 310 g/mol. The number of halogens is 1. The van der Waals surface area contributed by atoms with Crippen LogP contribution in [0.1, 0.15) is 5.56 Å². The Labute approximate surface area is 120 Å². The normalized spacial score (nSPS) is 10.3. The fourth-order valence-electron chi connectivity index (χ4n) is 1.53. The van der Waals surface area contributed by atoms with Crippen LogP contribution in [-0.2, 0) is 6.61 Å². The van der Waals surface area contributed by atoms with Gasteiger partial charge in [-0.2, -0.15) is 0 Å². The van der Waals surface area contributed by atoms with Gasteiger partial charge in [0.2, 0.25) is 0 Å². The lowest BCUT2D eigenvalue weighted by molar-refractivity contribution is 0.306. The molecule has 0 aliphatic carbocycles. The zero-order valence-corrected chi connectivity index (χ0v) is 12.4. The summed E-state index contributed by atoms with van der Waals surface area (Å²) in [6.45, 7) is 0.484. The van der Waals surface area contributed by atoms with Crippen molar-refractivity contribution in [3.05, 3.63) is 52.5 Å². The Morgan fingerprint density at radius 3 is 2.50 bits per heavy atom. The molecule has 0 amide bonds. The summed E-state index contributed by atoms with van der Waals surface area (Å²) in [6, 6.07) is 13.9. The molecule has 0 aromatic heterocycles. The molecule has 2 aromatic carbocycles. The lowest BCUT2D eigenvalue weighted by Crippen LogP contribution is -2.00. The van der Waals surface area contributed by atoms with E-state index in [1.54, 1.807) is 11.8 Å². The van der Waals surface area contributed by atoms with Gasteiger partial charge in [-0.05, 0) is 42.7 Å². The zero-order chi connectivity index (χ0) is 13.0. The summed E-state index contributed by atoms with van der Waals surface area (Å²) in [5.41, 5.74) is 7.65. The van der Waals surface area contributed by atoms with E-state index in [1.165, 1.54) is 4.90 Å². The van der Waals surface area contributed by atoms with Crippen molar-refractivity contribution in [1.82, 2.24) is 0 Å². The van der Waals surface area contributed by atoms with Gasteiger partial charge in [-0.25, -0.2) is 0 Å². The first-order valence-electron chi connectivity index (χ1n) is 5.50. The molecule has 2 N–H and O–H groups in total. The second kappa shape index (κ2) is 6.16. The Hall–Kier alpha value is -1.13. The molecule has 0 unspecified atom stereocenters. The third kappa shape index (κ3) is 3.43. The number of nitrogens with two attached hydrogens (primary N) is 1. The zero-order valence-electron chi connectivity index (χ0n) is 10.0. The molecule has 4 heteroatoms. The maximum atomic E-state index is 5.92. The molecule has 0 saturated carbocycles. The van der Waals surface area contributed by atoms with Crippen molar-refractivity contribution in [3.8, 4) is 5.75 Å². The topological polar surface area (TPSA) is 35.2 Å². The Morgan fingerprint density at radius 2 is 1.89 bits per heavy atom. The summed E-state index contributed by atoms with van der Waals surface area (Å²) in [6.07, 6.45) is 2.05. The molecule has 0 saturated heterocycles. The minimum atomic E-state index is 0.484. The average Bonchev–Trinajstić information content (AvgIpc) is 2.38. The van der Waals surface area contributed by atoms with E-state index in [4.69, 9.17) is 10.5 Å². The van der Waals surface area contributed by atoms with Crippen molar-refractivity contribution < 1.29 is 4.74 Å². The van der Waals surface area contributed by atoms with Crippen LogP contribution in [0.4, 0.5) is 5.69 Å². The van der Waals surface area contributed by atoms with Crippen LogP contribution in [0.15, 0.2) is 51.8 Å². The van der Waals surface area contributed by atoms with E-state index in [0.717, 1.165) is 21.5 Å². The van der Waals surface area contributed by atoms with Gasteiger partial charge in [0.1, 0.15) is 12.4 Å². The minimum absolute atomic E-state index is 0.484. The minimum Gasteiger partial charge on any atom is -0.489 e. The van der Waals surface area contributed by atoms with E-state index in [0.29, 0.717) is 6.61 Å². The number of hydrogen-bond donors (Lipinski definition) is 1. The molecule has 18 heavy (non-hydrogen) atoms. The third-order valence-corrected chi connectivity index (χ3v) is 3.80. The summed E-state index contributed by atoms with van der Waals surface area (Å²) in [5.74, 6) is 0.857. The molecule has 94 valence electrons. The molecule has 0 bridgehead atoms. The Bertz CT molecular complexity index is 528. The van der Waals surface area contributed by atoms with Crippen LogP contribution >= 0.6 is 27.7 Å². The monoisotopic (exact) mass is 323 g/mol. The predicted molar refractivity (Wildman–Crippen MR) is 81.1 cm³/mol. The maximum absolute atomic E-state index is 5.92. The standard InChI is InChI=1S/C14H14BrNOS/c1-18-13-6-4-12(5-7-13)17-9-10-2-3-11(15)8-14(10)16/h2-8H,9,16H2,1H3. The molecule has 2 rings (SSSR count). The first kappa shape index (κ1) is 13.3. The SMILES string of the molecule is CSc1ccc(OCc2ccc(Br)cc2N)cc1. The van der Waals surface area contributed by atoms with Crippen LogP contribution in [0.2, 0.25) is 0 Å². The van der Waals surface area contributed by atoms with Gasteiger partial charge >= 0.3 is 0 Å². The van der Waals surface area contributed by atoms with Crippen LogP contribution in [0.5, 0.6) is 5.75 Å².